The smallest absolute Gasteiger partial charge is 0.248 e. The van der Waals surface area contributed by atoms with Crippen LogP contribution in [-0.4, -0.2) is 34.9 Å². The van der Waals surface area contributed by atoms with E-state index in [9.17, 15) is 4.79 Å². The minimum Gasteiger partial charge on any atom is -0.497 e. The van der Waals surface area contributed by atoms with E-state index in [0.29, 0.717) is 17.2 Å². The number of ether oxygens (including phenoxy) is 2. The van der Waals surface area contributed by atoms with Crippen LogP contribution in [0.3, 0.4) is 0 Å². The molecule has 0 bridgehead atoms. The molecule has 3 rings (SSSR count). The molecule has 3 aromatic rings. The maximum Gasteiger partial charge on any atom is 0.248 e. The lowest BCUT2D eigenvalue weighted by molar-refractivity contribution is -0.111. The third-order valence-electron chi connectivity index (χ3n) is 4.04. The Morgan fingerprint density at radius 2 is 2.00 bits per heavy atom. The highest BCUT2D eigenvalue weighted by Crippen LogP contribution is 2.25. The fourth-order valence-electron chi connectivity index (χ4n) is 2.71. The van der Waals surface area contributed by atoms with Gasteiger partial charge in [-0.05, 0) is 44.2 Å². The van der Waals surface area contributed by atoms with Gasteiger partial charge in [0.2, 0.25) is 5.91 Å². The molecule has 0 aliphatic rings. The Hall–Kier alpha value is -3.35. The standard InChI is InChI=1S/C20H22N4O3/c1-13(2)24-20-15(11-22-24)9-16(12-21-20)23-19(25)8-5-14-10-17(26-3)6-7-18(14)27-4/h5-13H,1-4H3,(H,23,25)/b8-5+. The van der Waals surface area contributed by atoms with E-state index in [2.05, 4.69) is 15.4 Å². The molecule has 0 unspecified atom stereocenters. The first kappa shape index (κ1) is 18.4. The molecule has 2 heterocycles. The van der Waals surface area contributed by atoms with Crippen LogP contribution in [0.5, 0.6) is 11.5 Å². The van der Waals surface area contributed by atoms with Crippen LogP contribution in [0.4, 0.5) is 5.69 Å². The van der Waals surface area contributed by atoms with Crippen LogP contribution in [0.25, 0.3) is 17.1 Å². The number of anilines is 1. The van der Waals surface area contributed by atoms with Crippen molar-refractivity contribution >= 4 is 28.7 Å². The lowest BCUT2D eigenvalue weighted by Gasteiger charge is -2.08. The molecule has 0 saturated carbocycles. The van der Waals surface area contributed by atoms with Gasteiger partial charge in [0, 0.05) is 23.1 Å². The average Bonchev–Trinajstić information content (AvgIpc) is 3.09. The largest absolute Gasteiger partial charge is 0.497 e. The number of methoxy groups -OCH3 is 2. The summed E-state index contributed by atoms with van der Waals surface area (Å²) in [6, 6.07) is 7.47. The van der Waals surface area contributed by atoms with Crippen molar-refractivity contribution in [2.75, 3.05) is 19.5 Å². The van der Waals surface area contributed by atoms with Gasteiger partial charge in [0.15, 0.2) is 5.65 Å². The summed E-state index contributed by atoms with van der Waals surface area (Å²) < 4.78 is 12.4. The predicted octanol–water partition coefficient (Wildman–Crippen LogP) is 3.68. The summed E-state index contributed by atoms with van der Waals surface area (Å²) in [5.41, 5.74) is 2.15. The van der Waals surface area contributed by atoms with Gasteiger partial charge >= 0.3 is 0 Å². The summed E-state index contributed by atoms with van der Waals surface area (Å²) in [4.78, 5) is 16.7. The van der Waals surface area contributed by atoms with Gasteiger partial charge < -0.3 is 14.8 Å². The van der Waals surface area contributed by atoms with Crippen molar-refractivity contribution < 1.29 is 14.3 Å². The fraction of sp³-hybridized carbons (Fsp3) is 0.250. The number of hydrogen-bond acceptors (Lipinski definition) is 5. The van der Waals surface area contributed by atoms with E-state index in [0.717, 1.165) is 16.6 Å². The van der Waals surface area contributed by atoms with Crippen molar-refractivity contribution in [3.8, 4) is 11.5 Å². The summed E-state index contributed by atoms with van der Waals surface area (Å²) in [5, 5.41) is 8.01. The zero-order chi connectivity index (χ0) is 19.4. The van der Waals surface area contributed by atoms with Crippen molar-refractivity contribution in [3.63, 3.8) is 0 Å². The van der Waals surface area contributed by atoms with Crippen molar-refractivity contribution in [1.82, 2.24) is 14.8 Å². The molecule has 0 aliphatic carbocycles. The van der Waals surface area contributed by atoms with Crippen LogP contribution < -0.4 is 14.8 Å². The Morgan fingerprint density at radius 3 is 2.70 bits per heavy atom. The van der Waals surface area contributed by atoms with Crippen LogP contribution >= 0.6 is 0 Å². The molecule has 2 aromatic heterocycles. The van der Waals surface area contributed by atoms with Gasteiger partial charge in [0.25, 0.3) is 0 Å². The second-order valence-corrected chi connectivity index (χ2v) is 6.25. The Labute approximate surface area is 157 Å². The molecule has 0 fully saturated rings. The monoisotopic (exact) mass is 366 g/mol. The van der Waals surface area contributed by atoms with Crippen LogP contribution in [0.2, 0.25) is 0 Å². The first-order valence-electron chi connectivity index (χ1n) is 8.56. The number of amides is 1. The minimum atomic E-state index is -0.266. The van der Waals surface area contributed by atoms with Gasteiger partial charge in [-0.3, -0.25) is 4.79 Å². The molecule has 27 heavy (non-hydrogen) atoms. The molecule has 7 heteroatoms. The number of hydrogen-bond donors (Lipinski definition) is 1. The number of carbonyl (C=O) groups excluding carboxylic acids is 1. The van der Waals surface area contributed by atoms with Crippen molar-refractivity contribution in [3.05, 3.63) is 48.3 Å². The summed E-state index contributed by atoms with van der Waals surface area (Å²) in [5.74, 6) is 1.08. The molecule has 140 valence electrons. The van der Waals surface area contributed by atoms with Crippen LogP contribution in [0.1, 0.15) is 25.5 Å². The molecule has 7 nitrogen and oxygen atoms in total. The summed E-state index contributed by atoms with van der Waals surface area (Å²) in [6.45, 7) is 4.09. The number of rotatable bonds is 6. The normalized spacial score (nSPS) is 11.3. The maximum atomic E-state index is 12.3. The van der Waals surface area contributed by atoms with Gasteiger partial charge in [0.1, 0.15) is 11.5 Å². The number of pyridine rings is 1. The molecule has 0 aliphatic heterocycles. The fourth-order valence-corrected chi connectivity index (χ4v) is 2.71. The van der Waals surface area contributed by atoms with Gasteiger partial charge in [-0.2, -0.15) is 5.10 Å². The molecule has 0 radical (unpaired) electrons. The van der Waals surface area contributed by atoms with Gasteiger partial charge in [-0.1, -0.05) is 0 Å². The molecule has 1 amide bonds. The second-order valence-electron chi connectivity index (χ2n) is 6.25. The Morgan fingerprint density at radius 1 is 1.19 bits per heavy atom. The van der Waals surface area contributed by atoms with E-state index in [-0.39, 0.29) is 11.9 Å². The summed E-state index contributed by atoms with van der Waals surface area (Å²) >= 11 is 0. The van der Waals surface area contributed by atoms with Crippen molar-refractivity contribution in [2.24, 2.45) is 0 Å². The van der Waals surface area contributed by atoms with E-state index < -0.39 is 0 Å². The first-order chi connectivity index (χ1) is 13.0. The molecule has 0 saturated heterocycles. The van der Waals surface area contributed by atoms with Crippen LogP contribution in [0, 0.1) is 0 Å². The van der Waals surface area contributed by atoms with Gasteiger partial charge in [0.05, 0.1) is 32.3 Å². The number of aromatic nitrogens is 3. The number of fused-ring (bicyclic) bond motifs is 1. The number of nitrogens with zero attached hydrogens (tertiary/aromatic N) is 3. The van der Waals surface area contributed by atoms with Gasteiger partial charge in [-0.15, -0.1) is 0 Å². The van der Waals surface area contributed by atoms with E-state index in [4.69, 9.17) is 9.47 Å². The zero-order valence-corrected chi connectivity index (χ0v) is 15.8. The van der Waals surface area contributed by atoms with Crippen LogP contribution in [-0.2, 0) is 4.79 Å². The first-order valence-corrected chi connectivity index (χ1v) is 8.56. The maximum absolute atomic E-state index is 12.3. The third-order valence-corrected chi connectivity index (χ3v) is 4.04. The van der Waals surface area contributed by atoms with Crippen molar-refractivity contribution in [2.45, 2.75) is 19.9 Å². The topological polar surface area (TPSA) is 78.3 Å². The lowest BCUT2D eigenvalue weighted by Crippen LogP contribution is -2.08. The highest BCUT2D eigenvalue weighted by Gasteiger charge is 2.09. The molecular weight excluding hydrogens is 344 g/mol. The number of carbonyl (C=O) groups is 1. The molecule has 1 aromatic carbocycles. The molecule has 0 atom stereocenters. The van der Waals surface area contributed by atoms with E-state index in [1.807, 2.05) is 24.6 Å². The molecule has 1 N–H and O–H groups in total. The highest BCUT2D eigenvalue weighted by atomic mass is 16.5. The molecule has 0 spiro atoms. The SMILES string of the molecule is COc1ccc(OC)c(/C=C/C(=O)Nc2cnc3c(cnn3C(C)C)c2)c1. The number of nitrogens with one attached hydrogen (secondary N) is 1. The van der Waals surface area contributed by atoms with Gasteiger partial charge in [-0.25, -0.2) is 9.67 Å². The second kappa shape index (κ2) is 7.90. The zero-order valence-electron chi connectivity index (χ0n) is 15.8. The molecular formula is C20H22N4O3. The number of benzene rings is 1. The average molecular weight is 366 g/mol. The third kappa shape index (κ3) is 4.08. The Balaban J connectivity index is 1.76. The van der Waals surface area contributed by atoms with E-state index in [1.165, 1.54) is 6.08 Å². The quantitative estimate of drug-likeness (QED) is 0.673. The van der Waals surface area contributed by atoms with E-state index in [1.54, 1.807) is 50.9 Å². The Bertz CT molecular complexity index is 992. The predicted molar refractivity (Wildman–Crippen MR) is 105 cm³/mol. The Kier molecular flexibility index (Phi) is 5.40. The lowest BCUT2D eigenvalue weighted by atomic mass is 10.1. The summed E-state index contributed by atoms with van der Waals surface area (Å²) in [6.07, 6.45) is 6.49. The van der Waals surface area contributed by atoms with E-state index >= 15 is 0 Å². The minimum absolute atomic E-state index is 0.219. The highest BCUT2D eigenvalue weighted by molar-refractivity contribution is 6.02. The summed E-state index contributed by atoms with van der Waals surface area (Å²) in [7, 11) is 3.17. The van der Waals surface area contributed by atoms with Crippen LogP contribution in [0.15, 0.2) is 42.7 Å². The van der Waals surface area contributed by atoms with Crippen molar-refractivity contribution in [1.29, 1.82) is 0 Å².